The summed E-state index contributed by atoms with van der Waals surface area (Å²) in [5, 5.41) is 19.0. The molecule has 0 radical (unpaired) electrons. The van der Waals surface area contributed by atoms with Gasteiger partial charge in [0.25, 0.3) is 0 Å². The number of ether oxygens (including phenoxy) is 1. The fourth-order valence-corrected chi connectivity index (χ4v) is 1.63. The minimum atomic E-state index is -0.923. The van der Waals surface area contributed by atoms with Crippen LogP contribution in [0.3, 0.4) is 0 Å². The van der Waals surface area contributed by atoms with Gasteiger partial charge >= 0.3 is 5.97 Å². The Labute approximate surface area is 97.6 Å². The van der Waals surface area contributed by atoms with E-state index in [0.717, 1.165) is 12.8 Å². The summed E-state index contributed by atoms with van der Waals surface area (Å²) in [4.78, 5) is 11.0. The first-order valence-electron chi connectivity index (χ1n) is 5.80. The Kier molecular flexibility index (Phi) is 6.60. The van der Waals surface area contributed by atoms with E-state index in [2.05, 4.69) is 0 Å². The van der Waals surface area contributed by atoms with Crippen molar-refractivity contribution >= 4 is 5.97 Å². The summed E-state index contributed by atoms with van der Waals surface area (Å²) < 4.78 is 5.19. The van der Waals surface area contributed by atoms with E-state index in [-0.39, 0.29) is 0 Å². The number of hydrogen-bond donors (Lipinski definition) is 2. The number of hydrogen-bond acceptors (Lipinski definition) is 3. The fourth-order valence-electron chi connectivity index (χ4n) is 1.63. The predicted molar refractivity (Wildman–Crippen MR) is 62.4 cm³/mol. The van der Waals surface area contributed by atoms with Crippen molar-refractivity contribution in [3.63, 3.8) is 0 Å². The molecule has 0 heterocycles. The van der Waals surface area contributed by atoms with Gasteiger partial charge in [-0.3, -0.25) is 4.79 Å². The number of carbonyl (C=O) groups is 1. The summed E-state index contributed by atoms with van der Waals surface area (Å²) in [6.45, 7) is 5.69. The van der Waals surface area contributed by atoms with Crippen LogP contribution < -0.4 is 0 Å². The topological polar surface area (TPSA) is 66.8 Å². The van der Waals surface area contributed by atoms with Gasteiger partial charge in [0, 0.05) is 13.5 Å². The molecule has 4 heteroatoms. The highest BCUT2D eigenvalue weighted by Gasteiger charge is 2.31. The third-order valence-corrected chi connectivity index (χ3v) is 2.90. The first-order chi connectivity index (χ1) is 7.34. The zero-order valence-corrected chi connectivity index (χ0v) is 10.7. The minimum Gasteiger partial charge on any atom is -0.481 e. The molecule has 0 aromatic rings. The summed E-state index contributed by atoms with van der Waals surface area (Å²) in [5.74, 6) is -1.61. The minimum absolute atomic E-state index is 0.337. The lowest BCUT2D eigenvalue weighted by molar-refractivity contribution is -0.147. The molecular formula is C12H24O4. The summed E-state index contributed by atoms with van der Waals surface area (Å²) in [6.07, 6.45) is 1.77. The first kappa shape index (κ1) is 15.4. The molecule has 2 unspecified atom stereocenters. The van der Waals surface area contributed by atoms with Crippen LogP contribution in [0.25, 0.3) is 0 Å². The van der Waals surface area contributed by atoms with Crippen LogP contribution in [0.2, 0.25) is 0 Å². The molecule has 96 valence electrons. The quantitative estimate of drug-likeness (QED) is 0.672. The van der Waals surface area contributed by atoms with Crippen molar-refractivity contribution in [1.29, 1.82) is 0 Å². The molecular weight excluding hydrogens is 208 g/mol. The van der Waals surface area contributed by atoms with Gasteiger partial charge in [0.1, 0.15) is 0 Å². The third-order valence-electron chi connectivity index (χ3n) is 2.90. The molecule has 0 spiro atoms. The molecule has 0 aliphatic carbocycles. The second-order valence-corrected chi connectivity index (χ2v) is 4.82. The van der Waals surface area contributed by atoms with E-state index in [9.17, 15) is 9.90 Å². The van der Waals surface area contributed by atoms with Gasteiger partial charge in [0.15, 0.2) is 0 Å². The molecule has 0 saturated heterocycles. The van der Waals surface area contributed by atoms with Crippen molar-refractivity contribution in [1.82, 2.24) is 0 Å². The Hall–Kier alpha value is -0.610. The third kappa shape index (κ3) is 5.47. The first-order valence-corrected chi connectivity index (χ1v) is 5.80. The Morgan fingerprint density at radius 2 is 2.00 bits per heavy atom. The summed E-state index contributed by atoms with van der Waals surface area (Å²) >= 11 is 0. The Morgan fingerprint density at radius 1 is 1.44 bits per heavy atom. The van der Waals surface area contributed by atoms with Crippen LogP contribution in [0, 0.1) is 5.92 Å². The molecule has 0 aromatic carbocycles. The number of unbranched alkanes of at least 4 members (excludes halogenated alkanes) is 1. The maximum Gasteiger partial charge on any atom is 0.309 e. The van der Waals surface area contributed by atoms with Crippen molar-refractivity contribution in [3.8, 4) is 0 Å². The van der Waals surface area contributed by atoms with E-state index >= 15 is 0 Å². The van der Waals surface area contributed by atoms with Gasteiger partial charge < -0.3 is 14.9 Å². The number of aliphatic hydroxyl groups excluding tert-OH is 1. The van der Waals surface area contributed by atoms with Crippen molar-refractivity contribution < 1.29 is 19.7 Å². The van der Waals surface area contributed by atoms with Crippen molar-refractivity contribution in [2.75, 3.05) is 7.11 Å². The van der Waals surface area contributed by atoms with E-state index in [0.29, 0.717) is 12.8 Å². The highest BCUT2D eigenvalue weighted by molar-refractivity contribution is 5.70. The molecule has 2 N–H and O–H groups in total. The van der Waals surface area contributed by atoms with Crippen LogP contribution in [0.5, 0.6) is 0 Å². The second kappa shape index (κ2) is 6.86. The number of aliphatic carboxylic acids is 1. The van der Waals surface area contributed by atoms with Gasteiger partial charge in [-0.15, -0.1) is 0 Å². The Balaban J connectivity index is 4.38. The number of aliphatic hydroxyl groups is 1. The molecule has 0 aliphatic rings. The number of carboxylic acid groups (broad SMARTS) is 1. The van der Waals surface area contributed by atoms with Crippen LogP contribution in [0.15, 0.2) is 0 Å². The zero-order chi connectivity index (χ0) is 12.8. The molecule has 0 amide bonds. The van der Waals surface area contributed by atoms with E-state index < -0.39 is 23.6 Å². The second-order valence-electron chi connectivity index (χ2n) is 4.82. The average Bonchev–Trinajstić information content (AvgIpc) is 2.17. The number of carboxylic acids is 1. The number of rotatable bonds is 8. The summed E-state index contributed by atoms with van der Waals surface area (Å²) in [6, 6.07) is 0. The van der Waals surface area contributed by atoms with Gasteiger partial charge in [-0.25, -0.2) is 0 Å². The van der Waals surface area contributed by atoms with Crippen LogP contribution in [-0.4, -0.2) is 35.0 Å². The monoisotopic (exact) mass is 232 g/mol. The van der Waals surface area contributed by atoms with Gasteiger partial charge in [-0.1, -0.05) is 19.8 Å². The van der Waals surface area contributed by atoms with Crippen LogP contribution in [0.4, 0.5) is 0 Å². The Bertz CT molecular complexity index is 213. The lowest BCUT2D eigenvalue weighted by Gasteiger charge is -2.28. The molecule has 4 nitrogen and oxygen atoms in total. The summed E-state index contributed by atoms with van der Waals surface area (Å²) in [5.41, 5.74) is -0.487. The molecule has 0 fully saturated rings. The average molecular weight is 232 g/mol. The molecule has 2 atom stereocenters. The number of methoxy groups -OCH3 is 1. The lowest BCUT2D eigenvalue weighted by Crippen LogP contribution is -2.36. The molecule has 0 aromatic heterocycles. The molecule has 0 bridgehead atoms. The molecule has 0 aliphatic heterocycles. The highest BCUT2D eigenvalue weighted by atomic mass is 16.5. The van der Waals surface area contributed by atoms with Crippen LogP contribution >= 0.6 is 0 Å². The lowest BCUT2D eigenvalue weighted by atomic mass is 9.88. The maximum atomic E-state index is 11.0. The highest BCUT2D eigenvalue weighted by Crippen LogP contribution is 2.23. The van der Waals surface area contributed by atoms with Crippen LogP contribution in [-0.2, 0) is 9.53 Å². The standard InChI is InChI=1S/C12H24O4/c1-5-6-7-9(11(14)15)10(13)8-12(2,3)16-4/h9-10,13H,5-8H2,1-4H3,(H,14,15). The van der Waals surface area contributed by atoms with E-state index in [1.54, 1.807) is 7.11 Å². The molecule has 0 rings (SSSR count). The van der Waals surface area contributed by atoms with Gasteiger partial charge in [0.2, 0.25) is 0 Å². The smallest absolute Gasteiger partial charge is 0.309 e. The fraction of sp³-hybridized carbons (Fsp3) is 0.917. The van der Waals surface area contributed by atoms with Crippen molar-refractivity contribution in [2.45, 2.75) is 58.2 Å². The molecule has 0 saturated carbocycles. The normalized spacial score (nSPS) is 15.8. The maximum absolute atomic E-state index is 11.0. The van der Waals surface area contributed by atoms with Gasteiger partial charge in [0.05, 0.1) is 17.6 Å². The zero-order valence-electron chi connectivity index (χ0n) is 10.7. The van der Waals surface area contributed by atoms with E-state index in [4.69, 9.17) is 9.84 Å². The van der Waals surface area contributed by atoms with E-state index in [1.165, 1.54) is 0 Å². The van der Waals surface area contributed by atoms with Gasteiger partial charge in [-0.05, 0) is 20.3 Å². The van der Waals surface area contributed by atoms with Crippen LogP contribution in [0.1, 0.15) is 46.5 Å². The van der Waals surface area contributed by atoms with E-state index in [1.807, 2.05) is 20.8 Å². The molecule has 16 heavy (non-hydrogen) atoms. The SMILES string of the molecule is CCCCC(C(=O)O)C(O)CC(C)(C)OC. The summed E-state index contributed by atoms with van der Waals surface area (Å²) in [7, 11) is 1.56. The van der Waals surface area contributed by atoms with Crippen molar-refractivity contribution in [2.24, 2.45) is 5.92 Å². The largest absolute Gasteiger partial charge is 0.481 e. The van der Waals surface area contributed by atoms with Crippen molar-refractivity contribution in [3.05, 3.63) is 0 Å². The predicted octanol–water partition coefficient (Wildman–Crippen LogP) is 2.05. The van der Waals surface area contributed by atoms with Gasteiger partial charge in [-0.2, -0.15) is 0 Å². The Morgan fingerprint density at radius 3 is 2.38 bits per heavy atom.